The van der Waals surface area contributed by atoms with Crippen molar-refractivity contribution in [3.05, 3.63) is 152 Å². The average molecular weight is 576 g/mol. The van der Waals surface area contributed by atoms with E-state index in [4.69, 9.17) is 8.83 Å². The number of benzene rings is 7. The van der Waals surface area contributed by atoms with Crippen molar-refractivity contribution in [1.29, 1.82) is 0 Å². The molecule has 45 heavy (non-hydrogen) atoms. The van der Waals surface area contributed by atoms with Crippen molar-refractivity contribution in [3.8, 4) is 27.9 Å². The molecule has 0 aliphatic rings. The average Bonchev–Trinajstić information content (AvgIpc) is 3.78. The molecule has 0 fully saturated rings. The van der Waals surface area contributed by atoms with Gasteiger partial charge in [0.2, 0.25) is 0 Å². The normalized spacial score (nSPS) is 12.0. The Hall–Kier alpha value is -6.06. The summed E-state index contributed by atoms with van der Waals surface area (Å²) in [5, 5.41) is 6.93. The fraction of sp³-hybridized carbons (Fsp3) is 0. The molecule has 0 spiro atoms. The molecule has 210 valence electrons. The van der Waals surface area contributed by atoms with Crippen LogP contribution in [0.25, 0.3) is 93.6 Å². The van der Waals surface area contributed by atoms with Gasteiger partial charge in [0.1, 0.15) is 16.7 Å². The fourth-order valence-corrected chi connectivity index (χ4v) is 7.20. The Balaban J connectivity index is 1.20. The van der Waals surface area contributed by atoms with Gasteiger partial charge in [0.15, 0.2) is 5.58 Å². The molecule has 0 unspecified atom stereocenters. The standard InChI is InChI=1S/C42H25NO2/c1-2-10-26(11-3-1)30-23-22-29(39-35-14-6-9-17-38(35)44-41(30)39)27-18-20-28(21-19-27)43-36-15-7-4-12-31(36)33-24-25-34-32-13-5-8-16-37(32)45-42(34)40(33)43/h1-25H. The minimum absolute atomic E-state index is 0.897. The summed E-state index contributed by atoms with van der Waals surface area (Å²) in [6, 6.07) is 53.5. The third kappa shape index (κ3) is 3.46. The quantitative estimate of drug-likeness (QED) is 0.210. The van der Waals surface area contributed by atoms with E-state index >= 15 is 0 Å². The molecule has 10 rings (SSSR count). The molecule has 3 nitrogen and oxygen atoms in total. The summed E-state index contributed by atoms with van der Waals surface area (Å²) in [6.45, 7) is 0. The highest BCUT2D eigenvalue weighted by atomic mass is 16.3. The summed E-state index contributed by atoms with van der Waals surface area (Å²) < 4.78 is 15.4. The Bertz CT molecular complexity index is 2740. The van der Waals surface area contributed by atoms with Gasteiger partial charge in [0.05, 0.1) is 11.0 Å². The molecular weight excluding hydrogens is 550 g/mol. The van der Waals surface area contributed by atoms with Crippen LogP contribution in [0.4, 0.5) is 0 Å². The zero-order chi connectivity index (χ0) is 29.5. The molecule has 0 bridgehead atoms. The minimum Gasteiger partial charge on any atom is -0.455 e. The first-order valence-corrected chi connectivity index (χ1v) is 15.3. The molecular formula is C42H25NO2. The van der Waals surface area contributed by atoms with Gasteiger partial charge in [-0.3, -0.25) is 0 Å². The summed E-state index contributed by atoms with van der Waals surface area (Å²) in [5.41, 5.74) is 11.5. The molecule has 7 aromatic carbocycles. The number of aromatic nitrogens is 1. The van der Waals surface area contributed by atoms with Crippen molar-refractivity contribution in [2.75, 3.05) is 0 Å². The summed E-state index contributed by atoms with van der Waals surface area (Å²) >= 11 is 0. The SMILES string of the molecule is c1ccc(-c2ccc(-c3ccc(-n4c5ccccc5c5ccc6c7ccccc7oc6c54)cc3)c3c2oc2ccccc23)cc1. The number of hydrogen-bond donors (Lipinski definition) is 0. The van der Waals surface area contributed by atoms with E-state index in [1.165, 1.54) is 10.8 Å². The summed E-state index contributed by atoms with van der Waals surface area (Å²) in [6.07, 6.45) is 0. The predicted octanol–water partition coefficient (Wildman–Crippen LogP) is 11.9. The van der Waals surface area contributed by atoms with Gasteiger partial charge in [-0.05, 0) is 59.2 Å². The van der Waals surface area contributed by atoms with E-state index in [1.54, 1.807) is 0 Å². The highest BCUT2D eigenvalue weighted by Crippen LogP contribution is 2.43. The van der Waals surface area contributed by atoms with Crippen LogP contribution in [0.3, 0.4) is 0 Å². The van der Waals surface area contributed by atoms with E-state index in [-0.39, 0.29) is 0 Å². The lowest BCUT2D eigenvalue weighted by Gasteiger charge is -2.11. The van der Waals surface area contributed by atoms with E-state index in [9.17, 15) is 0 Å². The molecule has 0 saturated heterocycles. The molecule has 3 heteroatoms. The van der Waals surface area contributed by atoms with Gasteiger partial charge >= 0.3 is 0 Å². The second-order valence-corrected chi connectivity index (χ2v) is 11.7. The highest BCUT2D eigenvalue weighted by molar-refractivity contribution is 6.21. The Morgan fingerprint density at radius 2 is 0.978 bits per heavy atom. The molecule has 0 atom stereocenters. The van der Waals surface area contributed by atoms with Gasteiger partial charge in [-0.1, -0.05) is 109 Å². The highest BCUT2D eigenvalue weighted by Gasteiger charge is 2.20. The smallest absolute Gasteiger partial charge is 0.160 e. The van der Waals surface area contributed by atoms with Crippen molar-refractivity contribution in [1.82, 2.24) is 4.57 Å². The van der Waals surface area contributed by atoms with Crippen LogP contribution < -0.4 is 0 Å². The Morgan fingerprint density at radius 1 is 0.378 bits per heavy atom. The van der Waals surface area contributed by atoms with Crippen LogP contribution in [0.15, 0.2) is 160 Å². The van der Waals surface area contributed by atoms with Gasteiger partial charge in [0.25, 0.3) is 0 Å². The number of hydrogen-bond acceptors (Lipinski definition) is 2. The molecule has 0 N–H and O–H groups in total. The maximum Gasteiger partial charge on any atom is 0.160 e. The zero-order valence-electron chi connectivity index (χ0n) is 24.2. The van der Waals surface area contributed by atoms with Crippen LogP contribution in [-0.2, 0) is 0 Å². The Morgan fingerprint density at radius 3 is 1.80 bits per heavy atom. The largest absolute Gasteiger partial charge is 0.455 e. The van der Waals surface area contributed by atoms with Gasteiger partial charge in [-0.15, -0.1) is 0 Å². The van der Waals surface area contributed by atoms with Crippen LogP contribution in [0, 0.1) is 0 Å². The third-order valence-electron chi connectivity index (χ3n) is 9.23. The van der Waals surface area contributed by atoms with Crippen LogP contribution in [0.2, 0.25) is 0 Å². The van der Waals surface area contributed by atoms with E-state index in [0.717, 1.165) is 82.9 Å². The van der Waals surface area contributed by atoms with Crippen LogP contribution in [0.5, 0.6) is 0 Å². The second kappa shape index (κ2) is 9.22. The molecule has 0 radical (unpaired) electrons. The van der Waals surface area contributed by atoms with Crippen LogP contribution in [0.1, 0.15) is 0 Å². The molecule has 0 aliphatic carbocycles. The van der Waals surface area contributed by atoms with Crippen molar-refractivity contribution >= 4 is 65.7 Å². The Labute approximate surface area is 258 Å². The van der Waals surface area contributed by atoms with Crippen molar-refractivity contribution in [3.63, 3.8) is 0 Å². The lowest BCUT2D eigenvalue weighted by molar-refractivity contribution is 0.670. The first-order chi connectivity index (χ1) is 22.3. The third-order valence-corrected chi connectivity index (χ3v) is 9.23. The van der Waals surface area contributed by atoms with E-state index in [0.29, 0.717) is 0 Å². The number of nitrogens with zero attached hydrogens (tertiary/aromatic N) is 1. The number of fused-ring (bicyclic) bond motifs is 10. The van der Waals surface area contributed by atoms with Gasteiger partial charge < -0.3 is 13.4 Å². The van der Waals surface area contributed by atoms with Crippen LogP contribution >= 0.6 is 0 Å². The lowest BCUT2D eigenvalue weighted by atomic mass is 9.94. The molecule has 3 aromatic heterocycles. The number of rotatable bonds is 3. The zero-order valence-corrected chi connectivity index (χ0v) is 24.2. The number of furan rings is 2. The molecule has 3 heterocycles. The maximum absolute atomic E-state index is 6.55. The molecule has 0 saturated carbocycles. The molecule has 10 aromatic rings. The monoisotopic (exact) mass is 575 g/mol. The molecule has 0 amide bonds. The first-order valence-electron chi connectivity index (χ1n) is 15.3. The number of para-hydroxylation sites is 3. The van der Waals surface area contributed by atoms with Crippen molar-refractivity contribution in [2.45, 2.75) is 0 Å². The van der Waals surface area contributed by atoms with E-state index < -0.39 is 0 Å². The summed E-state index contributed by atoms with van der Waals surface area (Å²) in [7, 11) is 0. The first kappa shape index (κ1) is 24.4. The minimum atomic E-state index is 0.897. The summed E-state index contributed by atoms with van der Waals surface area (Å²) in [4.78, 5) is 0. The second-order valence-electron chi connectivity index (χ2n) is 11.7. The lowest BCUT2D eigenvalue weighted by Crippen LogP contribution is -1.94. The van der Waals surface area contributed by atoms with E-state index in [1.807, 2.05) is 24.3 Å². The topological polar surface area (TPSA) is 31.2 Å². The Kier molecular flexibility index (Phi) is 5.00. The van der Waals surface area contributed by atoms with Gasteiger partial charge in [0, 0.05) is 43.6 Å². The maximum atomic E-state index is 6.55. The van der Waals surface area contributed by atoms with Crippen LogP contribution in [-0.4, -0.2) is 4.57 Å². The van der Waals surface area contributed by atoms with Crippen molar-refractivity contribution in [2.24, 2.45) is 0 Å². The predicted molar refractivity (Wildman–Crippen MR) is 186 cm³/mol. The van der Waals surface area contributed by atoms with E-state index in [2.05, 4.69) is 132 Å². The summed E-state index contributed by atoms with van der Waals surface area (Å²) in [5.74, 6) is 0. The van der Waals surface area contributed by atoms with Gasteiger partial charge in [-0.2, -0.15) is 0 Å². The fourth-order valence-electron chi connectivity index (χ4n) is 7.20. The van der Waals surface area contributed by atoms with Gasteiger partial charge in [-0.25, -0.2) is 0 Å². The van der Waals surface area contributed by atoms with Crippen molar-refractivity contribution < 1.29 is 8.83 Å². The molecule has 0 aliphatic heterocycles.